The zero-order valence-corrected chi connectivity index (χ0v) is 24.8. The molecule has 0 spiro atoms. The van der Waals surface area contributed by atoms with Crippen molar-refractivity contribution in [1.82, 2.24) is 4.98 Å². The number of anilines is 1. The Morgan fingerprint density at radius 2 is 1.34 bits per heavy atom. The lowest BCUT2D eigenvalue weighted by molar-refractivity contribution is 0.532. The maximum atomic E-state index is 12.8. The second kappa shape index (κ2) is 16.2. The maximum Gasteiger partial charge on any atom is 0.183 e. The molecule has 0 unspecified atom stereocenters. The van der Waals surface area contributed by atoms with E-state index < -0.39 is 0 Å². The highest BCUT2D eigenvalue weighted by molar-refractivity contribution is 7.21. The third-order valence-electron chi connectivity index (χ3n) is 8.32. The van der Waals surface area contributed by atoms with Gasteiger partial charge in [0, 0.05) is 30.4 Å². The predicted molar refractivity (Wildman–Crippen MR) is 167 cm³/mol. The number of hydrogen-bond acceptors (Lipinski definition) is 4. The molecule has 1 aromatic rings. The Kier molecular flexibility index (Phi) is 12.4. The van der Waals surface area contributed by atoms with E-state index in [0.29, 0.717) is 0 Å². The fraction of sp³-hybridized carbons (Fsp3) is 0.647. The Bertz CT molecular complexity index is 1120. The lowest BCUT2D eigenvalue weighted by Crippen LogP contribution is -2.29. The van der Waals surface area contributed by atoms with Crippen LogP contribution in [0.25, 0.3) is 20.8 Å². The van der Waals surface area contributed by atoms with Crippen molar-refractivity contribution in [3.63, 3.8) is 0 Å². The van der Waals surface area contributed by atoms with Gasteiger partial charge in [0.05, 0.1) is 20.8 Å². The summed E-state index contributed by atoms with van der Waals surface area (Å²) in [5.41, 5.74) is 4.44. The molecule has 1 aromatic carbocycles. The summed E-state index contributed by atoms with van der Waals surface area (Å²) in [4.78, 5) is 21.3. The summed E-state index contributed by atoms with van der Waals surface area (Å²) < 4.78 is 1.18. The first-order valence-corrected chi connectivity index (χ1v) is 16.7. The van der Waals surface area contributed by atoms with Crippen LogP contribution in [0.3, 0.4) is 0 Å². The highest BCUT2D eigenvalue weighted by Gasteiger charge is 2.15. The number of fused-ring (bicyclic) bond motifs is 2. The van der Waals surface area contributed by atoms with Gasteiger partial charge in [-0.05, 0) is 56.4 Å². The van der Waals surface area contributed by atoms with Gasteiger partial charge in [-0.1, -0.05) is 96.8 Å². The molecule has 0 atom stereocenters. The van der Waals surface area contributed by atoms with Gasteiger partial charge < -0.3 is 4.90 Å². The van der Waals surface area contributed by atoms with E-state index in [-0.39, 0.29) is 5.43 Å². The van der Waals surface area contributed by atoms with Crippen molar-refractivity contribution in [2.24, 2.45) is 0 Å². The van der Waals surface area contributed by atoms with Crippen LogP contribution in [0, 0.1) is 0 Å². The van der Waals surface area contributed by atoms with Gasteiger partial charge in [0.2, 0.25) is 0 Å². The molecule has 208 valence electrons. The van der Waals surface area contributed by atoms with E-state index >= 15 is 0 Å². The van der Waals surface area contributed by atoms with Gasteiger partial charge in [-0.3, -0.25) is 4.79 Å². The van der Waals surface area contributed by atoms with Crippen LogP contribution in [0.1, 0.15) is 128 Å². The van der Waals surface area contributed by atoms with Crippen LogP contribution in [-0.2, 0) is 6.42 Å². The molecule has 1 aliphatic carbocycles. The molecule has 0 N–H and O–H groups in total. The van der Waals surface area contributed by atoms with Crippen LogP contribution in [0.15, 0.2) is 35.1 Å². The van der Waals surface area contributed by atoms with Gasteiger partial charge in [0.15, 0.2) is 5.43 Å². The first kappa shape index (κ1) is 29.1. The number of hydrogen-bond donors (Lipinski definition) is 0. The molecule has 2 aliphatic heterocycles. The topological polar surface area (TPSA) is 33.2 Å². The average molecular weight is 535 g/mol. The normalized spacial score (nSPS) is 14.1. The Balaban J connectivity index is 1.15. The number of piperidine rings is 1. The Morgan fingerprint density at radius 3 is 1.97 bits per heavy atom. The molecular formula is C34H50N2OS. The predicted octanol–water partition coefficient (Wildman–Crippen LogP) is 10.2. The number of aryl methyl sites for hydroxylation is 1. The zero-order valence-electron chi connectivity index (χ0n) is 23.9. The molecule has 0 saturated carbocycles. The van der Waals surface area contributed by atoms with Crippen LogP contribution in [-0.4, -0.2) is 18.1 Å². The van der Waals surface area contributed by atoms with E-state index in [1.807, 2.05) is 6.07 Å². The number of rotatable bonds is 17. The van der Waals surface area contributed by atoms with Crippen molar-refractivity contribution in [2.45, 2.75) is 129 Å². The first-order chi connectivity index (χ1) is 18.7. The molecule has 4 rings (SSSR count). The number of aromatic nitrogens is 1. The average Bonchev–Trinajstić information content (AvgIpc) is 2.94. The first-order valence-electron chi connectivity index (χ1n) is 15.9. The molecule has 0 radical (unpaired) electrons. The highest BCUT2D eigenvalue weighted by atomic mass is 32.1. The summed E-state index contributed by atoms with van der Waals surface area (Å²) >= 11 is 1.71. The summed E-state index contributed by atoms with van der Waals surface area (Å²) in [7, 11) is 0. The molecule has 3 aliphatic rings. The number of benzene rings is 2. The zero-order chi connectivity index (χ0) is 26.4. The van der Waals surface area contributed by atoms with E-state index in [9.17, 15) is 4.79 Å². The quantitative estimate of drug-likeness (QED) is 0.128. The SMILES string of the molecule is CCCCCCCCCCCCCCCCCc1cc2nc3ccc(N4CCCCC4)cc3sc-2cc1=O. The largest absolute Gasteiger partial charge is 0.371 e. The van der Waals surface area contributed by atoms with Crippen LogP contribution < -0.4 is 10.3 Å². The lowest BCUT2D eigenvalue weighted by atomic mass is 10.0. The van der Waals surface area contributed by atoms with E-state index in [1.165, 1.54) is 120 Å². The minimum atomic E-state index is 0.187. The minimum Gasteiger partial charge on any atom is -0.371 e. The Hall–Kier alpha value is -1.94. The summed E-state index contributed by atoms with van der Waals surface area (Å²) in [5, 5.41) is 0. The fourth-order valence-electron chi connectivity index (χ4n) is 5.92. The summed E-state index contributed by atoms with van der Waals surface area (Å²) in [6, 6.07) is 10.6. The van der Waals surface area contributed by atoms with Crippen molar-refractivity contribution in [3.05, 3.63) is 46.1 Å². The van der Waals surface area contributed by atoms with Gasteiger partial charge in [0.25, 0.3) is 0 Å². The van der Waals surface area contributed by atoms with Crippen molar-refractivity contribution in [3.8, 4) is 10.6 Å². The Labute approximate surface area is 235 Å². The standard InChI is InChI=1S/C34H50N2OS/c1-2-3-4-5-6-7-8-9-10-11-12-13-14-15-17-20-28-25-31-34(27-32(28)37)38-33-26-29(21-22-30(33)35-31)36-23-18-16-19-24-36/h21-22,25-27H,2-20,23-24H2,1H3. The summed E-state index contributed by atoms with van der Waals surface area (Å²) in [6.45, 7) is 4.57. The van der Waals surface area contributed by atoms with E-state index in [4.69, 9.17) is 4.98 Å². The molecule has 3 nitrogen and oxygen atoms in total. The maximum absolute atomic E-state index is 12.8. The van der Waals surface area contributed by atoms with Crippen molar-refractivity contribution >= 4 is 27.2 Å². The lowest BCUT2D eigenvalue weighted by Gasteiger charge is -2.28. The molecule has 1 fully saturated rings. The van der Waals surface area contributed by atoms with Crippen LogP contribution in [0.5, 0.6) is 0 Å². The van der Waals surface area contributed by atoms with Crippen molar-refractivity contribution in [1.29, 1.82) is 0 Å². The van der Waals surface area contributed by atoms with Gasteiger partial charge in [-0.15, -0.1) is 11.3 Å². The fourth-order valence-corrected chi connectivity index (χ4v) is 6.93. The summed E-state index contributed by atoms with van der Waals surface area (Å²) in [6.07, 6.45) is 25.3. The van der Waals surface area contributed by atoms with Crippen LogP contribution in [0.2, 0.25) is 0 Å². The highest BCUT2D eigenvalue weighted by Crippen LogP contribution is 2.33. The van der Waals surface area contributed by atoms with E-state index in [0.717, 1.165) is 47.6 Å². The third kappa shape index (κ3) is 9.07. The molecule has 4 heteroatoms. The molecule has 0 bridgehead atoms. The Morgan fingerprint density at radius 1 is 0.737 bits per heavy atom. The monoisotopic (exact) mass is 534 g/mol. The van der Waals surface area contributed by atoms with Crippen molar-refractivity contribution in [2.75, 3.05) is 18.0 Å². The molecular weight excluding hydrogens is 484 g/mol. The smallest absolute Gasteiger partial charge is 0.183 e. The number of unbranched alkanes of at least 4 members (excludes halogenated alkanes) is 14. The molecule has 38 heavy (non-hydrogen) atoms. The summed E-state index contributed by atoms with van der Waals surface area (Å²) in [5.74, 6) is 0. The van der Waals surface area contributed by atoms with E-state index in [1.54, 1.807) is 11.3 Å². The number of nitrogens with zero attached hydrogens (tertiary/aromatic N) is 2. The van der Waals surface area contributed by atoms with Gasteiger partial charge in [0.1, 0.15) is 0 Å². The molecule has 2 heterocycles. The van der Waals surface area contributed by atoms with Crippen LogP contribution in [0.4, 0.5) is 5.69 Å². The van der Waals surface area contributed by atoms with Crippen molar-refractivity contribution < 1.29 is 0 Å². The van der Waals surface area contributed by atoms with Gasteiger partial charge >= 0.3 is 0 Å². The second-order valence-corrected chi connectivity index (χ2v) is 12.6. The molecule has 1 saturated heterocycles. The molecule has 0 amide bonds. The second-order valence-electron chi connectivity index (χ2n) is 11.5. The minimum absolute atomic E-state index is 0.187. The third-order valence-corrected chi connectivity index (χ3v) is 9.41. The van der Waals surface area contributed by atoms with Gasteiger partial charge in [-0.2, -0.15) is 0 Å². The van der Waals surface area contributed by atoms with E-state index in [2.05, 4.69) is 36.1 Å². The van der Waals surface area contributed by atoms with Gasteiger partial charge in [-0.25, -0.2) is 4.98 Å². The van der Waals surface area contributed by atoms with Crippen LogP contribution >= 0.6 is 11.3 Å². The molecule has 0 aromatic heterocycles.